The summed E-state index contributed by atoms with van der Waals surface area (Å²) in [6.07, 6.45) is 2.21. The standard InChI is InChI=1S/C13H18N2O3/c1-18-11-4-2-3-9(12(11)16)13(17)15-10(7-14)8-5-6-8/h2-4,8,10,16H,5-7,14H2,1H3,(H,15,17). The van der Waals surface area contributed by atoms with Crippen LogP contribution in [0.4, 0.5) is 0 Å². The summed E-state index contributed by atoms with van der Waals surface area (Å²) in [7, 11) is 1.45. The monoisotopic (exact) mass is 250 g/mol. The molecule has 5 heteroatoms. The highest BCUT2D eigenvalue weighted by Gasteiger charge is 2.31. The number of aromatic hydroxyl groups is 1. The number of rotatable bonds is 5. The molecule has 5 nitrogen and oxygen atoms in total. The van der Waals surface area contributed by atoms with Crippen molar-refractivity contribution in [2.24, 2.45) is 11.7 Å². The Balaban J connectivity index is 2.12. The van der Waals surface area contributed by atoms with Gasteiger partial charge in [0.1, 0.15) is 0 Å². The highest BCUT2D eigenvalue weighted by molar-refractivity contribution is 5.97. The number of benzene rings is 1. The van der Waals surface area contributed by atoms with Crippen molar-refractivity contribution in [2.75, 3.05) is 13.7 Å². The molecule has 1 atom stereocenters. The SMILES string of the molecule is COc1cccc(C(=O)NC(CN)C2CC2)c1O. The molecule has 1 saturated carbocycles. The van der Waals surface area contributed by atoms with Crippen LogP contribution in [0.2, 0.25) is 0 Å². The summed E-state index contributed by atoms with van der Waals surface area (Å²) in [6.45, 7) is 0.418. The fourth-order valence-corrected chi connectivity index (χ4v) is 1.98. The molecule has 0 bridgehead atoms. The zero-order chi connectivity index (χ0) is 13.1. The van der Waals surface area contributed by atoms with Gasteiger partial charge in [-0.3, -0.25) is 4.79 Å². The number of ether oxygens (including phenoxy) is 1. The van der Waals surface area contributed by atoms with E-state index in [1.165, 1.54) is 7.11 Å². The molecule has 18 heavy (non-hydrogen) atoms. The smallest absolute Gasteiger partial charge is 0.255 e. The number of nitrogens with two attached hydrogens (primary N) is 1. The van der Waals surface area contributed by atoms with Gasteiger partial charge in [0.2, 0.25) is 0 Å². The molecule has 1 aromatic carbocycles. The summed E-state index contributed by atoms with van der Waals surface area (Å²) in [4.78, 5) is 12.1. The maximum Gasteiger partial charge on any atom is 0.255 e. The van der Waals surface area contributed by atoms with Gasteiger partial charge in [-0.25, -0.2) is 0 Å². The average molecular weight is 250 g/mol. The van der Waals surface area contributed by atoms with Gasteiger partial charge in [-0.1, -0.05) is 6.07 Å². The third kappa shape index (κ3) is 2.56. The van der Waals surface area contributed by atoms with Crippen molar-refractivity contribution >= 4 is 5.91 Å². The van der Waals surface area contributed by atoms with Crippen LogP contribution in [0.1, 0.15) is 23.2 Å². The van der Waals surface area contributed by atoms with Crippen LogP contribution < -0.4 is 15.8 Å². The number of carbonyl (C=O) groups is 1. The van der Waals surface area contributed by atoms with Gasteiger partial charge in [0.15, 0.2) is 11.5 Å². The number of para-hydroxylation sites is 1. The van der Waals surface area contributed by atoms with Crippen molar-refractivity contribution in [3.63, 3.8) is 0 Å². The van der Waals surface area contributed by atoms with Crippen LogP contribution in [0.15, 0.2) is 18.2 Å². The quantitative estimate of drug-likeness (QED) is 0.724. The van der Waals surface area contributed by atoms with Crippen molar-refractivity contribution in [3.8, 4) is 11.5 Å². The average Bonchev–Trinajstić information content (AvgIpc) is 3.20. The summed E-state index contributed by atoms with van der Waals surface area (Å²) in [5.74, 6) is 0.322. The lowest BCUT2D eigenvalue weighted by Crippen LogP contribution is -2.41. The first-order valence-electron chi connectivity index (χ1n) is 6.04. The third-order valence-corrected chi connectivity index (χ3v) is 3.23. The van der Waals surface area contributed by atoms with Crippen LogP contribution in [0.25, 0.3) is 0 Å². The van der Waals surface area contributed by atoms with Crippen molar-refractivity contribution in [1.29, 1.82) is 0 Å². The Morgan fingerprint density at radius 2 is 2.33 bits per heavy atom. The van der Waals surface area contributed by atoms with E-state index in [9.17, 15) is 9.90 Å². The van der Waals surface area contributed by atoms with Crippen molar-refractivity contribution < 1.29 is 14.6 Å². The fourth-order valence-electron chi connectivity index (χ4n) is 1.98. The molecular weight excluding hydrogens is 232 g/mol. The molecule has 1 aliphatic rings. The van der Waals surface area contributed by atoms with Crippen LogP contribution in [0.5, 0.6) is 11.5 Å². The second-order valence-electron chi connectivity index (χ2n) is 4.51. The van der Waals surface area contributed by atoms with Crippen LogP contribution in [-0.4, -0.2) is 30.7 Å². The van der Waals surface area contributed by atoms with Gasteiger partial charge < -0.3 is 20.9 Å². The number of carbonyl (C=O) groups excluding carboxylic acids is 1. The summed E-state index contributed by atoms with van der Waals surface area (Å²) < 4.78 is 4.97. The van der Waals surface area contributed by atoms with Gasteiger partial charge in [0, 0.05) is 12.6 Å². The molecule has 0 radical (unpaired) electrons. The maximum absolute atomic E-state index is 12.1. The molecule has 1 aliphatic carbocycles. The summed E-state index contributed by atoms with van der Waals surface area (Å²) in [5.41, 5.74) is 5.85. The van der Waals surface area contributed by atoms with E-state index in [1.807, 2.05) is 0 Å². The van der Waals surface area contributed by atoms with E-state index in [0.717, 1.165) is 12.8 Å². The first kappa shape index (κ1) is 12.7. The maximum atomic E-state index is 12.1. The zero-order valence-electron chi connectivity index (χ0n) is 10.3. The number of nitrogens with one attached hydrogen (secondary N) is 1. The Labute approximate surface area is 106 Å². The Morgan fingerprint density at radius 3 is 2.89 bits per heavy atom. The lowest BCUT2D eigenvalue weighted by molar-refractivity contribution is 0.0930. The fraction of sp³-hybridized carbons (Fsp3) is 0.462. The Morgan fingerprint density at radius 1 is 1.61 bits per heavy atom. The molecule has 0 saturated heterocycles. The van der Waals surface area contributed by atoms with Gasteiger partial charge >= 0.3 is 0 Å². The summed E-state index contributed by atoms with van der Waals surface area (Å²) >= 11 is 0. The number of hydrogen-bond donors (Lipinski definition) is 3. The second kappa shape index (κ2) is 5.27. The van der Waals surface area contributed by atoms with Crippen LogP contribution >= 0.6 is 0 Å². The zero-order valence-corrected chi connectivity index (χ0v) is 10.3. The van der Waals surface area contributed by atoms with Crippen molar-refractivity contribution in [2.45, 2.75) is 18.9 Å². The normalized spacial score (nSPS) is 16.1. The van der Waals surface area contributed by atoms with E-state index in [1.54, 1.807) is 18.2 Å². The Kier molecular flexibility index (Phi) is 3.72. The molecular formula is C13H18N2O3. The lowest BCUT2D eigenvalue weighted by Gasteiger charge is -2.17. The van der Waals surface area contributed by atoms with Crippen molar-refractivity contribution in [3.05, 3.63) is 23.8 Å². The minimum Gasteiger partial charge on any atom is -0.504 e. The molecule has 0 spiro atoms. The Bertz CT molecular complexity index is 444. The van der Waals surface area contributed by atoms with Gasteiger partial charge in [0.25, 0.3) is 5.91 Å². The lowest BCUT2D eigenvalue weighted by atomic mass is 10.1. The summed E-state index contributed by atoms with van der Waals surface area (Å²) in [5, 5.41) is 12.7. The number of methoxy groups -OCH3 is 1. The molecule has 1 amide bonds. The summed E-state index contributed by atoms with van der Waals surface area (Å²) in [6, 6.07) is 4.83. The van der Waals surface area contributed by atoms with E-state index in [4.69, 9.17) is 10.5 Å². The topological polar surface area (TPSA) is 84.6 Å². The molecule has 0 aromatic heterocycles. The number of phenols is 1. The van der Waals surface area contributed by atoms with E-state index < -0.39 is 0 Å². The molecule has 4 N–H and O–H groups in total. The molecule has 2 rings (SSSR count). The molecule has 0 heterocycles. The number of hydrogen-bond acceptors (Lipinski definition) is 4. The van der Waals surface area contributed by atoms with Crippen LogP contribution in [0, 0.1) is 5.92 Å². The van der Waals surface area contributed by atoms with E-state index in [2.05, 4.69) is 5.32 Å². The van der Waals surface area contributed by atoms with Gasteiger partial charge in [-0.05, 0) is 30.9 Å². The van der Waals surface area contributed by atoms with Crippen molar-refractivity contribution in [1.82, 2.24) is 5.32 Å². The highest BCUT2D eigenvalue weighted by atomic mass is 16.5. The van der Waals surface area contributed by atoms with Gasteiger partial charge in [0.05, 0.1) is 12.7 Å². The molecule has 0 aliphatic heterocycles. The van der Waals surface area contributed by atoms with Crippen LogP contribution in [-0.2, 0) is 0 Å². The number of amides is 1. The van der Waals surface area contributed by atoms with Gasteiger partial charge in [-0.2, -0.15) is 0 Å². The number of phenolic OH excluding ortho intramolecular Hbond substituents is 1. The van der Waals surface area contributed by atoms with Gasteiger partial charge in [-0.15, -0.1) is 0 Å². The second-order valence-corrected chi connectivity index (χ2v) is 4.51. The first-order chi connectivity index (χ1) is 8.67. The van der Waals surface area contributed by atoms with E-state index in [0.29, 0.717) is 18.2 Å². The minimum atomic E-state index is -0.311. The third-order valence-electron chi connectivity index (χ3n) is 3.23. The van der Waals surface area contributed by atoms with Crippen LogP contribution in [0.3, 0.4) is 0 Å². The minimum absolute atomic E-state index is 0.0110. The predicted octanol–water partition coefficient (Wildman–Crippen LogP) is 0.868. The molecule has 1 fully saturated rings. The Hall–Kier alpha value is -1.75. The predicted molar refractivity (Wildman–Crippen MR) is 67.7 cm³/mol. The molecule has 1 aromatic rings. The highest BCUT2D eigenvalue weighted by Crippen LogP contribution is 2.33. The van der Waals surface area contributed by atoms with E-state index >= 15 is 0 Å². The van der Waals surface area contributed by atoms with E-state index in [-0.39, 0.29) is 23.3 Å². The molecule has 1 unspecified atom stereocenters. The first-order valence-corrected chi connectivity index (χ1v) is 6.04. The largest absolute Gasteiger partial charge is 0.504 e. The molecule has 98 valence electrons.